The van der Waals surface area contributed by atoms with Gasteiger partial charge in [0.1, 0.15) is 12.4 Å². The van der Waals surface area contributed by atoms with Crippen molar-refractivity contribution in [1.82, 2.24) is 5.43 Å². The lowest BCUT2D eigenvalue weighted by atomic mass is 9.86. The molecule has 0 aliphatic carbocycles. The first kappa shape index (κ1) is 25.3. The van der Waals surface area contributed by atoms with Gasteiger partial charge in [0.2, 0.25) is 0 Å². The molecule has 0 fully saturated rings. The number of halogens is 1. The van der Waals surface area contributed by atoms with E-state index < -0.39 is 0 Å². The first-order valence-corrected chi connectivity index (χ1v) is 11.6. The molecule has 0 heterocycles. The van der Waals surface area contributed by atoms with Crippen LogP contribution in [0.5, 0.6) is 17.2 Å². The Morgan fingerprint density at radius 2 is 1.71 bits per heavy atom. The molecule has 0 saturated carbocycles. The van der Waals surface area contributed by atoms with E-state index in [2.05, 4.69) is 47.2 Å². The van der Waals surface area contributed by atoms with Crippen molar-refractivity contribution in [1.29, 1.82) is 0 Å². The molecule has 0 aliphatic heterocycles. The van der Waals surface area contributed by atoms with Gasteiger partial charge in [-0.15, -0.1) is 0 Å². The molecule has 3 aromatic carbocycles. The second kappa shape index (κ2) is 11.7. The largest absolute Gasteiger partial charge is 0.493 e. The number of nitrogens with one attached hydrogen (secondary N) is 1. The van der Waals surface area contributed by atoms with Crippen LogP contribution in [0.25, 0.3) is 0 Å². The molecule has 178 valence electrons. The lowest BCUT2D eigenvalue weighted by Crippen LogP contribution is -2.25. The molecule has 0 unspecified atom stereocenters. The maximum absolute atomic E-state index is 12.2. The molecule has 0 atom stereocenters. The summed E-state index contributed by atoms with van der Waals surface area (Å²) in [6, 6.07) is 21.1. The van der Waals surface area contributed by atoms with E-state index in [1.165, 1.54) is 0 Å². The molecule has 0 spiro atoms. The number of carbonyl (C=O) groups excluding carboxylic acids is 1. The molecule has 0 radical (unpaired) electrons. The van der Waals surface area contributed by atoms with E-state index >= 15 is 0 Å². The van der Waals surface area contributed by atoms with Crippen molar-refractivity contribution in [3.8, 4) is 17.2 Å². The number of rotatable bonds is 9. The van der Waals surface area contributed by atoms with Gasteiger partial charge in [0.25, 0.3) is 5.91 Å². The molecule has 1 amide bonds. The van der Waals surface area contributed by atoms with E-state index in [0.717, 1.165) is 21.2 Å². The van der Waals surface area contributed by atoms with Crippen LogP contribution in [0, 0.1) is 0 Å². The molecule has 7 heteroatoms. The molecule has 0 bridgehead atoms. The van der Waals surface area contributed by atoms with Gasteiger partial charge in [-0.25, -0.2) is 5.43 Å². The highest BCUT2D eigenvalue weighted by Crippen LogP contribution is 2.33. The first-order chi connectivity index (χ1) is 16.3. The average molecular weight is 525 g/mol. The molecule has 3 rings (SSSR count). The number of ether oxygens (including phenoxy) is 3. The lowest BCUT2D eigenvalue weighted by molar-refractivity contribution is -0.123. The van der Waals surface area contributed by atoms with Gasteiger partial charge in [-0.2, -0.15) is 5.10 Å². The van der Waals surface area contributed by atoms with E-state index in [1.54, 1.807) is 19.4 Å². The van der Waals surface area contributed by atoms with Crippen molar-refractivity contribution in [2.45, 2.75) is 32.8 Å². The Balaban J connectivity index is 1.55. The predicted molar refractivity (Wildman–Crippen MR) is 138 cm³/mol. The Bertz CT molecular complexity index is 1140. The minimum Gasteiger partial charge on any atom is -0.493 e. The van der Waals surface area contributed by atoms with Crippen LogP contribution in [-0.2, 0) is 16.8 Å². The summed E-state index contributed by atoms with van der Waals surface area (Å²) < 4.78 is 18.0. The summed E-state index contributed by atoms with van der Waals surface area (Å²) in [6.45, 7) is 6.59. The zero-order valence-corrected chi connectivity index (χ0v) is 21.4. The monoisotopic (exact) mass is 524 g/mol. The van der Waals surface area contributed by atoms with Crippen molar-refractivity contribution in [3.63, 3.8) is 0 Å². The van der Waals surface area contributed by atoms with Crippen LogP contribution in [0.2, 0.25) is 0 Å². The molecule has 6 nitrogen and oxygen atoms in total. The van der Waals surface area contributed by atoms with Gasteiger partial charge in [0.05, 0.1) is 13.3 Å². The Labute approximate surface area is 209 Å². The van der Waals surface area contributed by atoms with Gasteiger partial charge in [0, 0.05) is 10.0 Å². The third-order valence-electron chi connectivity index (χ3n) is 4.94. The summed E-state index contributed by atoms with van der Waals surface area (Å²) in [5.41, 5.74) is 5.21. The normalized spacial score (nSPS) is 11.3. The van der Waals surface area contributed by atoms with Crippen LogP contribution in [0.3, 0.4) is 0 Å². The zero-order chi connectivity index (χ0) is 24.6. The molecule has 0 saturated heterocycles. The van der Waals surface area contributed by atoms with E-state index in [4.69, 9.17) is 14.2 Å². The minimum atomic E-state index is -0.353. The average Bonchev–Trinajstić information content (AvgIpc) is 2.82. The van der Waals surface area contributed by atoms with E-state index in [9.17, 15) is 4.79 Å². The highest BCUT2D eigenvalue weighted by Gasteiger charge is 2.20. The number of amides is 1. The third kappa shape index (κ3) is 7.35. The number of benzene rings is 3. The number of carbonyl (C=O) groups is 1. The van der Waals surface area contributed by atoms with Gasteiger partial charge in [-0.3, -0.25) is 4.79 Å². The SMILES string of the molecule is COc1cc(/C=N/NC(=O)COc2ccc(Br)cc2C(C)(C)C)ccc1OCc1ccccc1. The van der Waals surface area contributed by atoms with Crippen molar-refractivity contribution < 1.29 is 19.0 Å². The fraction of sp³-hybridized carbons (Fsp3) is 0.259. The molecule has 0 aromatic heterocycles. The van der Waals surface area contributed by atoms with Gasteiger partial charge in [-0.05, 0) is 52.9 Å². The highest BCUT2D eigenvalue weighted by molar-refractivity contribution is 9.10. The smallest absolute Gasteiger partial charge is 0.277 e. The second-order valence-electron chi connectivity index (χ2n) is 8.66. The van der Waals surface area contributed by atoms with Crippen LogP contribution in [0.15, 0.2) is 76.3 Å². The maximum Gasteiger partial charge on any atom is 0.277 e. The van der Waals surface area contributed by atoms with Crippen LogP contribution in [0.1, 0.15) is 37.5 Å². The molecular weight excluding hydrogens is 496 g/mol. The topological polar surface area (TPSA) is 69.2 Å². The molecule has 34 heavy (non-hydrogen) atoms. The van der Waals surface area contributed by atoms with Crippen molar-refractivity contribution in [2.24, 2.45) is 5.10 Å². The lowest BCUT2D eigenvalue weighted by Gasteiger charge is -2.23. The van der Waals surface area contributed by atoms with Gasteiger partial charge < -0.3 is 14.2 Å². The predicted octanol–water partition coefficient (Wildman–Crippen LogP) is 5.86. The van der Waals surface area contributed by atoms with E-state index in [-0.39, 0.29) is 17.9 Å². The number of hydrazone groups is 1. The number of hydrogen-bond donors (Lipinski definition) is 1. The quantitative estimate of drug-likeness (QED) is 0.281. The summed E-state index contributed by atoms with van der Waals surface area (Å²) in [5, 5.41) is 4.03. The first-order valence-electron chi connectivity index (χ1n) is 10.9. The van der Waals surface area contributed by atoms with Gasteiger partial charge in [-0.1, -0.05) is 67.0 Å². The fourth-order valence-corrected chi connectivity index (χ4v) is 3.55. The van der Waals surface area contributed by atoms with Crippen LogP contribution in [-0.4, -0.2) is 25.8 Å². The summed E-state index contributed by atoms with van der Waals surface area (Å²) in [7, 11) is 1.58. The highest BCUT2D eigenvalue weighted by atomic mass is 79.9. The summed E-state index contributed by atoms with van der Waals surface area (Å²) in [4.78, 5) is 12.2. The van der Waals surface area contributed by atoms with Crippen LogP contribution < -0.4 is 19.6 Å². The molecule has 1 N–H and O–H groups in total. The Morgan fingerprint density at radius 1 is 0.971 bits per heavy atom. The fourth-order valence-electron chi connectivity index (χ4n) is 3.19. The molecule has 0 aliphatic rings. The zero-order valence-electron chi connectivity index (χ0n) is 19.8. The van der Waals surface area contributed by atoms with E-state index in [1.807, 2.05) is 60.7 Å². The second-order valence-corrected chi connectivity index (χ2v) is 9.57. The third-order valence-corrected chi connectivity index (χ3v) is 5.43. The maximum atomic E-state index is 12.2. The number of methoxy groups -OCH3 is 1. The number of hydrogen-bond acceptors (Lipinski definition) is 5. The van der Waals surface area contributed by atoms with E-state index in [0.29, 0.717) is 23.9 Å². The summed E-state index contributed by atoms with van der Waals surface area (Å²) in [6.07, 6.45) is 1.54. The van der Waals surface area contributed by atoms with Crippen LogP contribution in [0.4, 0.5) is 0 Å². The Hall–Kier alpha value is -3.32. The van der Waals surface area contributed by atoms with Crippen LogP contribution >= 0.6 is 15.9 Å². The summed E-state index contributed by atoms with van der Waals surface area (Å²) >= 11 is 3.49. The molecule has 3 aromatic rings. The summed E-state index contributed by atoms with van der Waals surface area (Å²) in [5.74, 6) is 1.53. The number of nitrogens with zero attached hydrogens (tertiary/aromatic N) is 1. The van der Waals surface area contributed by atoms with Gasteiger partial charge in [0.15, 0.2) is 18.1 Å². The minimum absolute atomic E-state index is 0.121. The Morgan fingerprint density at radius 3 is 2.41 bits per heavy atom. The van der Waals surface area contributed by atoms with Crippen molar-refractivity contribution >= 4 is 28.1 Å². The standard InChI is InChI=1S/C27H29BrN2O4/c1-27(2,3)22-15-21(28)11-13-23(22)34-18-26(31)30-29-16-20-10-12-24(25(14-20)32-4)33-17-19-8-6-5-7-9-19/h5-16H,17-18H2,1-4H3,(H,30,31)/b29-16+. The van der Waals surface area contributed by atoms with Gasteiger partial charge >= 0.3 is 0 Å². The Kier molecular flexibility index (Phi) is 8.71. The van der Waals surface area contributed by atoms with Crippen molar-refractivity contribution in [2.75, 3.05) is 13.7 Å². The molecular formula is C27H29BrN2O4. The van der Waals surface area contributed by atoms with Crippen molar-refractivity contribution in [3.05, 3.63) is 87.9 Å².